The second-order valence-corrected chi connectivity index (χ2v) is 11.9. The Morgan fingerprint density at radius 1 is 0.795 bits per heavy atom. The molecule has 0 amide bonds. The fraction of sp³-hybridized carbons (Fsp3) is 0.600. The van der Waals surface area contributed by atoms with Gasteiger partial charge < -0.3 is 14.2 Å². The van der Waals surface area contributed by atoms with Crippen molar-refractivity contribution in [3.63, 3.8) is 0 Å². The van der Waals surface area contributed by atoms with E-state index in [9.17, 15) is 17.6 Å². The molecule has 1 saturated heterocycles. The third kappa shape index (κ3) is 6.54. The summed E-state index contributed by atoms with van der Waals surface area (Å²) in [6, 6.07) is 6.19. The van der Waals surface area contributed by atoms with Crippen molar-refractivity contribution < 1.29 is 36.2 Å². The summed E-state index contributed by atoms with van der Waals surface area (Å²) < 4.78 is 88.6. The monoisotopic (exact) mass is 572 g/mol. The van der Waals surface area contributed by atoms with Gasteiger partial charge in [-0.05, 0) is 67.9 Å². The van der Waals surface area contributed by atoms with Gasteiger partial charge in [0.25, 0.3) is 0 Å². The van der Waals surface area contributed by atoms with Gasteiger partial charge in [-0.25, -0.2) is 13.2 Å². The highest BCUT2D eigenvalue weighted by Gasteiger charge is 2.44. The number of benzene rings is 2. The number of alkyl halides is 2. The fourth-order valence-corrected chi connectivity index (χ4v) is 6.44. The zero-order valence-electron chi connectivity index (χ0n) is 21.9. The summed E-state index contributed by atoms with van der Waals surface area (Å²) in [4.78, 5) is 0. The Bertz CT molecular complexity index is 1110. The first-order valence-electron chi connectivity index (χ1n) is 13.8. The van der Waals surface area contributed by atoms with Crippen LogP contribution in [-0.2, 0) is 9.47 Å². The first kappa shape index (κ1) is 28.6. The molecule has 2 saturated carbocycles. The van der Waals surface area contributed by atoms with Crippen LogP contribution in [0.3, 0.4) is 0 Å². The van der Waals surface area contributed by atoms with Crippen LogP contribution in [0.1, 0.15) is 81.6 Å². The van der Waals surface area contributed by atoms with Crippen molar-refractivity contribution in [3.05, 3.63) is 63.9 Å². The van der Waals surface area contributed by atoms with E-state index in [2.05, 4.69) is 11.7 Å². The molecule has 2 aromatic rings. The molecule has 1 aliphatic heterocycles. The van der Waals surface area contributed by atoms with Gasteiger partial charge in [-0.3, -0.25) is 0 Å². The van der Waals surface area contributed by atoms with Crippen molar-refractivity contribution in [3.8, 4) is 5.75 Å². The predicted octanol–water partition coefficient (Wildman–Crippen LogP) is 9.19. The second kappa shape index (κ2) is 11.9. The van der Waals surface area contributed by atoms with Crippen LogP contribution in [0.25, 0.3) is 0 Å². The molecule has 0 radical (unpaired) electrons. The van der Waals surface area contributed by atoms with Gasteiger partial charge in [0, 0.05) is 23.6 Å². The number of ether oxygens (including phenoxy) is 3. The van der Waals surface area contributed by atoms with Crippen LogP contribution in [0.2, 0.25) is 5.02 Å². The minimum absolute atomic E-state index is 0.0770. The van der Waals surface area contributed by atoms with Crippen molar-refractivity contribution in [2.45, 2.75) is 76.6 Å². The molecule has 0 unspecified atom stereocenters. The third-order valence-corrected chi connectivity index (χ3v) is 9.16. The Labute approximate surface area is 231 Å². The quantitative estimate of drug-likeness (QED) is 0.255. The zero-order valence-corrected chi connectivity index (χ0v) is 22.7. The average molecular weight is 573 g/mol. The zero-order chi connectivity index (χ0) is 27.7. The number of hydrogen-bond donors (Lipinski definition) is 0. The van der Waals surface area contributed by atoms with E-state index < -0.39 is 46.5 Å². The average Bonchev–Trinajstić information content (AvgIpc) is 2.92. The van der Waals surface area contributed by atoms with Gasteiger partial charge in [0.15, 0.2) is 6.29 Å². The maximum absolute atomic E-state index is 15.2. The molecule has 3 fully saturated rings. The van der Waals surface area contributed by atoms with Crippen molar-refractivity contribution in [2.75, 3.05) is 13.2 Å². The van der Waals surface area contributed by atoms with Crippen LogP contribution in [-0.4, -0.2) is 19.3 Å². The lowest BCUT2D eigenvalue weighted by molar-refractivity contribution is -0.222. The number of hydrogen-bond acceptors (Lipinski definition) is 3. The molecule has 39 heavy (non-hydrogen) atoms. The highest BCUT2D eigenvalue weighted by Crippen LogP contribution is 2.44. The van der Waals surface area contributed by atoms with Gasteiger partial charge in [-0.15, -0.1) is 0 Å². The van der Waals surface area contributed by atoms with Crippen LogP contribution in [0.4, 0.5) is 22.0 Å². The molecular weight excluding hydrogens is 539 g/mol. The van der Waals surface area contributed by atoms with E-state index in [0.29, 0.717) is 61.2 Å². The molecule has 1 heterocycles. The molecule has 9 heteroatoms. The first-order chi connectivity index (χ1) is 18.6. The van der Waals surface area contributed by atoms with E-state index in [0.717, 1.165) is 5.92 Å². The molecule has 2 aliphatic carbocycles. The second-order valence-electron chi connectivity index (χ2n) is 11.5. The highest BCUT2D eigenvalue weighted by atomic mass is 35.5. The van der Waals surface area contributed by atoms with Gasteiger partial charge in [-0.2, -0.15) is 8.78 Å². The van der Waals surface area contributed by atoms with E-state index in [1.807, 2.05) is 0 Å². The molecule has 0 bridgehead atoms. The summed E-state index contributed by atoms with van der Waals surface area (Å²) in [5, 5.41) is -0.779. The van der Waals surface area contributed by atoms with Gasteiger partial charge in [0.1, 0.15) is 28.2 Å². The molecule has 0 N–H and O–H groups in total. The van der Waals surface area contributed by atoms with Gasteiger partial charge in [0.05, 0.1) is 19.1 Å². The lowest BCUT2D eigenvalue weighted by Crippen LogP contribution is -2.37. The molecule has 0 aromatic heterocycles. The Kier molecular flexibility index (Phi) is 8.74. The number of halogens is 6. The maximum Gasteiger partial charge on any atom is 0.400 e. The third-order valence-electron chi connectivity index (χ3n) is 8.80. The van der Waals surface area contributed by atoms with E-state index in [4.69, 9.17) is 21.1 Å². The van der Waals surface area contributed by atoms with E-state index >= 15 is 4.39 Å². The molecule has 3 aliphatic rings. The normalized spacial score (nSPS) is 30.2. The fourth-order valence-electron chi connectivity index (χ4n) is 6.33. The van der Waals surface area contributed by atoms with Gasteiger partial charge in [-0.1, -0.05) is 43.5 Å². The molecule has 3 nitrogen and oxygen atoms in total. The molecule has 5 rings (SSSR count). The summed E-state index contributed by atoms with van der Waals surface area (Å²) in [6.45, 7) is 3.49. The van der Waals surface area contributed by atoms with E-state index in [-0.39, 0.29) is 18.8 Å². The van der Waals surface area contributed by atoms with Crippen molar-refractivity contribution >= 4 is 11.6 Å². The largest absolute Gasteiger partial charge is 0.432 e. The minimum atomic E-state index is -3.64. The van der Waals surface area contributed by atoms with Crippen LogP contribution in [0, 0.1) is 41.1 Å². The molecule has 214 valence electrons. The van der Waals surface area contributed by atoms with Crippen LogP contribution in [0.15, 0.2) is 30.3 Å². The predicted molar refractivity (Wildman–Crippen MR) is 137 cm³/mol. The lowest BCUT2D eigenvalue weighted by Gasteiger charge is -2.37. The Morgan fingerprint density at radius 3 is 2.00 bits per heavy atom. The molecule has 0 spiro atoms. The maximum atomic E-state index is 15.2. The SMILES string of the molecule is CC1CCC(C2COC(c3ccc(C4CCC(C(F)(F)Oc5cc(F)c(Cl)c(F)c5)CC4)c(F)c3)OC2)CC1. The summed E-state index contributed by atoms with van der Waals surface area (Å²) in [6.07, 6.45) is 1.46. The lowest BCUT2D eigenvalue weighted by atomic mass is 9.76. The number of rotatable bonds is 6. The molecule has 2 aromatic carbocycles. The smallest absolute Gasteiger partial charge is 0.400 e. The molecular formula is C30H34ClF5O3. The van der Waals surface area contributed by atoms with Crippen LogP contribution < -0.4 is 4.74 Å². The van der Waals surface area contributed by atoms with Crippen molar-refractivity contribution in [2.24, 2.45) is 23.7 Å². The van der Waals surface area contributed by atoms with E-state index in [1.54, 1.807) is 12.1 Å². The Hall–Kier alpha value is -1.90. The Morgan fingerprint density at radius 2 is 1.41 bits per heavy atom. The standard InChI is InChI=1S/C30H34ClF5O3/c1-17-2-4-18(5-3-17)21-15-37-29(38-16-21)20-8-11-24(25(32)12-20)19-6-9-22(10-7-19)30(35,36)39-23-13-26(33)28(31)27(34)14-23/h8,11-14,17-19,21-22,29H,2-7,9-10,15-16H2,1H3. The molecule has 0 atom stereocenters. The summed E-state index contributed by atoms with van der Waals surface area (Å²) in [5.74, 6) is -3.00. The highest BCUT2D eigenvalue weighted by molar-refractivity contribution is 6.30. The minimum Gasteiger partial charge on any atom is -0.432 e. The Balaban J connectivity index is 1.14. The summed E-state index contributed by atoms with van der Waals surface area (Å²) in [7, 11) is 0. The van der Waals surface area contributed by atoms with Gasteiger partial charge in [0.2, 0.25) is 0 Å². The van der Waals surface area contributed by atoms with Gasteiger partial charge >= 0.3 is 6.11 Å². The first-order valence-corrected chi connectivity index (χ1v) is 14.2. The van der Waals surface area contributed by atoms with E-state index in [1.165, 1.54) is 31.7 Å². The van der Waals surface area contributed by atoms with Crippen LogP contribution in [0.5, 0.6) is 5.75 Å². The topological polar surface area (TPSA) is 27.7 Å². The summed E-state index contributed by atoms with van der Waals surface area (Å²) >= 11 is 5.41. The summed E-state index contributed by atoms with van der Waals surface area (Å²) in [5.41, 5.74) is 1.09. The van der Waals surface area contributed by atoms with Crippen LogP contribution >= 0.6 is 11.6 Å². The van der Waals surface area contributed by atoms with Crippen molar-refractivity contribution in [1.29, 1.82) is 0 Å². The van der Waals surface area contributed by atoms with Crippen molar-refractivity contribution in [1.82, 2.24) is 0 Å².